The number of anilines is 2. The number of nitrogen functional groups attached to an aromatic ring is 1. The molecule has 0 bridgehead atoms. The van der Waals surface area contributed by atoms with Crippen LogP contribution in [0.5, 0.6) is 0 Å². The van der Waals surface area contributed by atoms with E-state index in [1.807, 2.05) is 17.4 Å². The molecule has 0 aromatic heterocycles. The first kappa shape index (κ1) is 24.7. The van der Waals surface area contributed by atoms with Gasteiger partial charge in [0.05, 0.1) is 24.5 Å². The first-order valence-electron chi connectivity index (χ1n) is 9.77. The summed E-state index contributed by atoms with van der Waals surface area (Å²) in [5, 5.41) is 1.95. The van der Waals surface area contributed by atoms with E-state index in [-0.39, 0.29) is 31.3 Å². The van der Waals surface area contributed by atoms with Crippen molar-refractivity contribution in [3.63, 3.8) is 0 Å². The second-order valence-corrected chi connectivity index (χ2v) is 7.29. The van der Waals surface area contributed by atoms with E-state index in [1.54, 1.807) is 18.2 Å². The van der Waals surface area contributed by atoms with E-state index in [2.05, 4.69) is 13.8 Å². The molecule has 2 amide bonds. The van der Waals surface area contributed by atoms with Gasteiger partial charge in [0.15, 0.2) is 5.43 Å². The van der Waals surface area contributed by atoms with Gasteiger partial charge in [-0.15, -0.1) is 0 Å². The number of nitrogens with zero attached hydrogens (tertiary/aromatic N) is 1. The fraction of sp³-hybridized carbons (Fsp3) is 0.318. The molecule has 2 aromatic rings. The number of halogens is 3. The summed E-state index contributed by atoms with van der Waals surface area (Å²) in [6.07, 6.45) is -4.68. The average Bonchev–Trinajstić information content (AvgIpc) is 2.96. The molecule has 1 aliphatic rings. The molecule has 174 valence electrons. The molecule has 7 nitrogen and oxygen atoms in total. The van der Waals surface area contributed by atoms with Gasteiger partial charge in [0, 0.05) is 1.43 Å². The Kier molecular flexibility index (Phi) is 8.62. The Hall–Kier alpha value is -3.56. The Labute approximate surface area is 184 Å². The average molecular weight is 453 g/mol. The first-order chi connectivity index (χ1) is 15.1. The van der Waals surface area contributed by atoms with Gasteiger partial charge in [0.1, 0.15) is 11.9 Å². The fourth-order valence-corrected chi connectivity index (χ4v) is 2.75. The van der Waals surface area contributed by atoms with Crippen LogP contribution in [-0.4, -0.2) is 37.6 Å². The van der Waals surface area contributed by atoms with Crippen molar-refractivity contribution >= 4 is 23.4 Å². The van der Waals surface area contributed by atoms with E-state index >= 15 is 0 Å². The summed E-state index contributed by atoms with van der Waals surface area (Å²) in [7, 11) is 0. The maximum absolute atomic E-state index is 13.4. The molecule has 0 aliphatic carbocycles. The second-order valence-electron chi connectivity index (χ2n) is 7.29. The lowest BCUT2D eigenvalue weighted by molar-refractivity contribution is -0.132. The normalized spacial score (nSPS) is 15.3. The van der Waals surface area contributed by atoms with Gasteiger partial charge in [-0.2, -0.15) is 8.78 Å². The van der Waals surface area contributed by atoms with Crippen LogP contribution >= 0.6 is 0 Å². The third-order valence-corrected chi connectivity index (χ3v) is 4.51. The lowest BCUT2D eigenvalue weighted by atomic mass is 10.1. The number of rotatable bonds is 5. The molecule has 1 atom stereocenters. The highest BCUT2D eigenvalue weighted by Gasteiger charge is 2.33. The maximum atomic E-state index is 13.4. The van der Waals surface area contributed by atoms with Crippen molar-refractivity contribution in [3.8, 4) is 0 Å². The van der Waals surface area contributed by atoms with Crippen LogP contribution in [-0.2, 0) is 9.53 Å². The van der Waals surface area contributed by atoms with Gasteiger partial charge in [0.2, 0.25) is 0 Å². The minimum absolute atomic E-state index is 0. The molecule has 3 N–H and O–H groups in total. The number of hydrogen-bond acceptors (Lipinski definition) is 5. The number of nitrogens with one attached hydrogen (secondary N) is 1. The first-order valence-corrected chi connectivity index (χ1v) is 9.77. The van der Waals surface area contributed by atoms with Crippen LogP contribution < -0.4 is 21.4 Å². The molecule has 32 heavy (non-hydrogen) atoms. The van der Waals surface area contributed by atoms with Crippen molar-refractivity contribution in [2.45, 2.75) is 32.3 Å². The Morgan fingerprint density at radius 1 is 1.22 bits per heavy atom. The number of amides is 2. The summed E-state index contributed by atoms with van der Waals surface area (Å²) >= 11 is 0. The number of cyclic esters (lactones) is 1. The smallest absolute Gasteiger partial charge is 0.414 e. The fourth-order valence-electron chi connectivity index (χ4n) is 2.75. The zero-order chi connectivity index (χ0) is 23.8. The highest BCUT2D eigenvalue weighted by atomic mass is 19.3. The molecule has 1 fully saturated rings. The summed E-state index contributed by atoms with van der Waals surface area (Å²) < 4.78 is 42.3. The van der Waals surface area contributed by atoms with Gasteiger partial charge in [-0.05, 0) is 41.8 Å². The summed E-state index contributed by atoms with van der Waals surface area (Å²) in [4.78, 5) is 34.5. The van der Waals surface area contributed by atoms with Crippen LogP contribution in [0.2, 0.25) is 0 Å². The van der Waals surface area contributed by atoms with Crippen molar-refractivity contribution in [2.75, 3.05) is 23.7 Å². The SMILES string of the molecule is CC(C)c1ccccc(=O)c1.Nc1ccc(N2C[C@H](CNC(=O)C(F)F)OC2=O)cc1F.[HH]. The largest absolute Gasteiger partial charge is 0.442 e. The summed E-state index contributed by atoms with van der Waals surface area (Å²) in [5.74, 6) is -1.70. The van der Waals surface area contributed by atoms with Gasteiger partial charge in [-0.3, -0.25) is 14.5 Å². The molecular formula is C22H26F3N3O4. The van der Waals surface area contributed by atoms with Crippen molar-refractivity contribution in [3.05, 3.63) is 70.1 Å². The number of benzene rings is 1. The molecule has 3 rings (SSSR count). The van der Waals surface area contributed by atoms with Gasteiger partial charge >= 0.3 is 12.5 Å². The van der Waals surface area contributed by atoms with E-state index in [4.69, 9.17) is 10.5 Å². The van der Waals surface area contributed by atoms with E-state index in [0.717, 1.165) is 16.5 Å². The van der Waals surface area contributed by atoms with E-state index in [9.17, 15) is 27.6 Å². The standard InChI is InChI=1S/C12H12F3N3O3.C10H12O.H2/c13-8-3-6(1-2-9(8)16)18-5-7(21-12(18)20)4-17-11(19)10(14)15;1-8(2)9-5-3-4-6-10(11)7-9;/h1-3,7,10H,4-5,16H2,(H,17,19);3-8H,1-2H3;1H/t7-;;/m0../s1. The van der Waals surface area contributed by atoms with Crippen LogP contribution in [0.15, 0.2) is 53.3 Å². The second kappa shape index (κ2) is 11.2. The highest BCUT2D eigenvalue weighted by Crippen LogP contribution is 2.24. The van der Waals surface area contributed by atoms with Crippen LogP contribution in [0.3, 0.4) is 0 Å². The monoisotopic (exact) mass is 453 g/mol. The quantitative estimate of drug-likeness (QED) is 0.675. The van der Waals surface area contributed by atoms with Crippen molar-refractivity contribution in [1.82, 2.24) is 5.32 Å². The Bertz CT molecular complexity index is 1020. The molecule has 0 radical (unpaired) electrons. The predicted molar refractivity (Wildman–Crippen MR) is 116 cm³/mol. The van der Waals surface area contributed by atoms with E-state index < -0.39 is 30.3 Å². The molecule has 0 spiro atoms. The Balaban J connectivity index is 0.000000385. The molecule has 2 aromatic carbocycles. The number of nitrogens with two attached hydrogens (primary N) is 1. The van der Waals surface area contributed by atoms with Gasteiger partial charge in [-0.25, -0.2) is 9.18 Å². The number of carbonyl (C=O) groups excluding carboxylic acids is 2. The molecule has 1 heterocycles. The highest BCUT2D eigenvalue weighted by molar-refractivity contribution is 5.90. The Morgan fingerprint density at radius 2 is 1.91 bits per heavy atom. The van der Waals surface area contributed by atoms with Crippen LogP contribution in [0.1, 0.15) is 26.8 Å². The predicted octanol–water partition coefficient (Wildman–Crippen LogP) is 3.53. The molecule has 0 saturated carbocycles. The van der Waals surface area contributed by atoms with Gasteiger partial charge in [0.25, 0.3) is 5.91 Å². The molecular weight excluding hydrogens is 427 g/mol. The van der Waals surface area contributed by atoms with Crippen molar-refractivity contribution in [2.24, 2.45) is 0 Å². The van der Waals surface area contributed by atoms with Crippen LogP contribution in [0.25, 0.3) is 0 Å². The number of hydrogen-bond donors (Lipinski definition) is 2. The molecule has 10 heteroatoms. The Morgan fingerprint density at radius 3 is 2.53 bits per heavy atom. The number of alkyl halides is 2. The topological polar surface area (TPSA) is 102 Å². The third kappa shape index (κ3) is 7.00. The lowest BCUT2D eigenvalue weighted by Gasteiger charge is -2.13. The van der Waals surface area contributed by atoms with Crippen LogP contribution in [0, 0.1) is 5.82 Å². The number of ether oxygens (including phenoxy) is 1. The maximum Gasteiger partial charge on any atom is 0.414 e. The molecule has 1 aliphatic heterocycles. The molecule has 1 saturated heterocycles. The van der Waals surface area contributed by atoms with E-state index in [0.29, 0.717) is 5.92 Å². The molecule has 0 unspecified atom stereocenters. The summed E-state index contributed by atoms with van der Waals surface area (Å²) in [6.45, 7) is 3.91. The van der Waals surface area contributed by atoms with Crippen molar-refractivity contribution in [1.29, 1.82) is 0 Å². The summed E-state index contributed by atoms with van der Waals surface area (Å²) in [5.41, 5.74) is 6.68. The lowest BCUT2D eigenvalue weighted by Crippen LogP contribution is -2.37. The van der Waals surface area contributed by atoms with Crippen molar-refractivity contribution < 1.29 is 28.9 Å². The zero-order valence-electron chi connectivity index (χ0n) is 17.6. The van der Waals surface area contributed by atoms with Gasteiger partial charge < -0.3 is 15.8 Å². The van der Waals surface area contributed by atoms with E-state index in [1.165, 1.54) is 12.1 Å². The van der Waals surface area contributed by atoms with Gasteiger partial charge in [-0.1, -0.05) is 32.0 Å². The zero-order valence-corrected chi connectivity index (χ0v) is 17.6. The number of carbonyl (C=O) groups is 2. The third-order valence-electron chi connectivity index (χ3n) is 4.51. The minimum atomic E-state index is -3.13. The summed E-state index contributed by atoms with van der Waals surface area (Å²) in [6, 6.07) is 12.7. The van der Waals surface area contributed by atoms with Crippen LogP contribution in [0.4, 0.5) is 29.3 Å². The minimum Gasteiger partial charge on any atom is -0.442 e.